The molecule has 4 rings (SSSR count). The van der Waals surface area contributed by atoms with E-state index in [2.05, 4.69) is 16.2 Å². The zero-order valence-electron chi connectivity index (χ0n) is 15.1. The van der Waals surface area contributed by atoms with Crippen LogP contribution in [0.25, 0.3) is 0 Å². The highest BCUT2D eigenvalue weighted by Gasteiger charge is 2.32. The zero-order chi connectivity index (χ0) is 18.8. The van der Waals surface area contributed by atoms with E-state index in [-0.39, 0.29) is 11.8 Å². The van der Waals surface area contributed by atoms with Crippen molar-refractivity contribution >= 4 is 11.6 Å². The highest BCUT2D eigenvalue weighted by atomic mass is 16.3. The molecule has 0 N–H and O–H groups in total. The molecule has 6 heteroatoms. The van der Waals surface area contributed by atoms with Gasteiger partial charge in [-0.15, -0.1) is 11.5 Å². The van der Waals surface area contributed by atoms with E-state index in [1.54, 1.807) is 15.8 Å². The Morgan fingerprint density at radius 1 is 1.41 bits per heavy atom. The molecule has 0 aliphatic heterocycles. The van der Waals surface area contributed by atoms with Crippen molar-refractivity contribution in [3.05, 3.63) is 65.4 Å². The molecule has 1 amide bonds. The summed E-state index contributed by atoms with van der Waals surface area (Å²) < 4.78 is 7.28. The average molecular weight is 360 g/mol. The van der Waals surface area contributed by atoms with Crippen molar-refractivity contribution in [2.45, 2.75) is 25.8 Å². The SMILES string of the molecule is C#Cc1cccc(N(Cc2ccco2)C(=O)C2CCc3c(nnn3C)C2)c1. The molecule has 1 aliphatic carbocycles. The van der Waals surface area contributed by atoms with Gasteiger partial charge in [-0.3, -0.25) is 9.48 Å². The topological polar surface area (TPSA) is 64.2 Å². The van der Waals surface area contributed by atoms with Crippen LogP contribution >= 0.6 is 0 Å². The predicted molar refractivity (Wildman–Crippen MR) is 101 cm³/mol. The van der Waals surface area contributed by atoms with E-state index in [0.29, 0.717) is 13.0 Å². The van der Waals surface area contributed by atoms with Crippen LogP contribution in [-0.2, 0) is 31.2 Å². The molecule has 1 atom stereocenters. The molecule has 2 aromatic heterocycles. The zero-order valence-corrected chi connectivity index (χ0v) is 15.1. The predicted octanol–water partition coefficient (Wildman–Crippen LogP) is 2.73. The van der Waals surface area contributed by atoms with Gasteiger partial charge in [0, 0.05) is 30.6 Å². The molecule has 27 heavy (non-hydrogen) atoms. The van der Waals surface area contributed by atoms with Crippen LogP contribution in [0.5, 0.6) is 0 Å². The summed E-state index contributed by atoms with van der Waals surface area (Å²) in [7, 11) is 1.89. The van der Waals surface area contributed by atoms with Crippen molar-refractivity contribution in [2.75, 3.05) is 4.90 Å². The van der Waals surface area contributed by atoms with Gasteiger partial charge in [0.15, 0.2) is 0 Å². The number of aromatic nitrogens is 3. The summed E-state index contributed by atoms with van der Waals surface area (Å²) in [4.78, 5) is 15.2. The van der Waals surface area contributed by atoms with Crippen molar-refractivity contribution in [3.8, 4) is 12.3 Å². The number of furan rings is 1. The first kappa shape index (κ1) is 17.1. The second kappa shape index (κ2) is 7.12. The van der Waals surface area contributed by atoms with E-state index in [9.17, 15) is 4.79 Å². The number of terminal acetylenes is 1. The molecule has 0 fully saturated rings. The van der Waals surface area contributed by atoms with Gasteiger partial charge in [-0.2, -0.15) is 0 Å². The molecule has 3 aromatic rings. The van der Waals surface area contributed by atoms with Crippen molar-refractivity contribution in [1.29, 1.82) is 0 Å². The second-order valence-corrected chi connectivity index (χ2v) is 6.74. The lowest BCUT2D eigenvalue weighted by Crippen LogP contribution is -2.38. The van der Waals surface area contributed by atoms with Gasteiger partial charge in [0.1, 0.15) is 5.76 Å². The van der Waals surface area contributed by atoms with Crippen molar-refractivity contribution in [2.24, 2.45) is 13.0 Å². The number of amides is 1. The maximum atomic E-state index is 13.4. The quantitative estimate of drug-likeness (QED) is 0.671. The van der Waals surface area contributed by atoms with Crippen LogP contribution < -0.4 is 4.90 Å². The first-order valence-electron chi connectivity index (χ1n) is 8.93. The van der Waals surface area contributed by atoms with Gasteiger partial charge in [0.05, 0.1) is 24.2 Å². The number of anilines is 1. The Balaban J connectivity index is 1.63. The molecule has 1 aliphatic rings. The van der Waals surface area contributed by atoms with Crippen LogP contribution in [0.2, 0.25) is 0 Å². The van der Waals surface area contributed by atoms with Gasteiger partial charge in [0.25, 0.3) is 0 Å². The Morgan fingerprint density at radius 3 is 3.07 bits per heavy atom. The van der Waals surface area contributed by atoms with E-state index in [1.165, 1.54) is 0 Å². The molecule has 1 unspecified atom stereocenters. The molecule has 136 valence electrons. The third kappa shape index (κ3) is 3.36. The minimum Gasteiger partial charge on any atom is -0.467 e. The number of carbonyl (C=O) groups is 1. The molecular formula is C21H20N4O2. The maximum Gasteiger partial charge on any atom is 0.230 e. The number of fused-ring (bicyclic) bond motifs is 1. The average Bonchev–Trinajstić information content (AvgIpc) is 3.35. The van der Waals surface area contributed by atoms with E-state index in [1.807, 2.05) is 43.4 Å². The Hall–Kier alpha value is -3.33. The molecule has 0 bridgehead atoms. The van der Waals surface area contributed by atoms with Crippen molar-refractivity contribution in [3.63, 3.8) is 0 Å². The van der Waals surface area contributed by atoms with Gasteiger partial charge in [0.2, 0.25) is 5.91 Å². The fourth-order valence-electron chi connectivity index (χ4n) is 3.58. The van der Waals surface area contributed by atoms with E-state index in [0.717, 1.165) is 41.2 Å². The summed E-state index contributed by atoms with van der Waals surface area (Å²) in [6.45, 7) is 0.365. The van der Waals surface area contributed by atoms with Crippen LogP contribution in [0.1, 0.15) is 29.1 Å². The van der Waals surface area contributed by atoms with Gasteiger partial charge in [-0.05, 0) is 43.2 Å². The summed E-state index contributed by atoms with van der Waals surface area (Å²) in [5.41, 5.74) is 3.55. The maximum absolute atomic E-state index is 13.4. The molecule has 1 aromatic carbocycles. The van der Waals surface area contributed by atoms with Crippen LogP contribution in [0.15, 0.2) is 47.1 Å². The fourth-order valence-corrected chi connectivity index (χ4v) is 3.58. The molecule has 0 saturated carbocycles. The standard InChI is InChI=1S/C21H20N4O2/c1-3-15-6-4-7-17(12-15)25(14-18-8-5-11-27-18)21(26)16-9-10-20-19(13-16)22-23-24(20)2/h1,4-8,11-12,16H,9-10,13-14H2,2H3. The number of benzene rings is 1. The Labute approximate surface area is 157 Å². The summed E-state index contributed by atoms with van der Waals surface area (Å²) in [6.07, 6.45) is 9.33. The third-order valence-electron chi connectivity index (χ3n) is 5.03. The lowest BCUT2D eigenvalue weighted by atomic mass is 9.88. The van der Waals surface area contributed by atoms with E-state index in [4.69, 9.17) is 10.8 Å². The third-order valence-corrected chi connectivity index (χ3v) is 5.03. The summed E-state index contributed by atoms with van der Waals surface area (Å²) in [5.74, 6) is 3.27. The number of nitrogens with zero attached hydrogens (tertiary/aromatic N) is 4. The van der Waals surface area contributed by atoms with Gasteiger partial charge < -0.3 is 9.32 Å². The Morgan fingerprint density at radius 2 is 2.30 bits per heavy atom. The van der Waals surface area contributed by atoms with Crippen LogP contribution in [0.3, 0.4) is 0 Å². The number of rotatable bonds is 4. The second-order valence-electron chi connectivity index (χ2n) is 6.74. The monoisotopic (exact) mass is 360 g/mol. The minimum absolute atomic E-state index is 0.0527. The smallest absolute Gasteiger partial charge is 0.230 e. The molecule has 0 saturated heterocycles. The van der Waals surface area contributed by atoms with Crippen molar-refractivity contribution in [1.82, 2.24) is 15.0 Å². The largest absolute Gasteiger partial charge is 0.467 e. The molecule has 0 spiro atoms. The number of aryl methyl sites for hydroxylation is 1. The van der Waals surface area contributed by atoms with Crippen LogP contribution in [0.4, 0.5) is 5.69 Å². The lowest BCUT2D eigenvalue weighted by Gasteiger charge is -2.28. The summed E-state index contributed by atoms with van der Waals surface area (Å²) in [5, 5.41) is 8.30. The molecule has 6 nitrogen and oxygen atoms in total. The molecule has 2 heterocycles. The summed E-state index contributed by atoms with van der Waals surface area (Å²) >= 11 is 0. The highest BCUT2D eigenvalue weighted by Crippen LogP contribution is 2.28. The van der Waals surface area contributed by atoms with Crippen molar-refractivity contribution < 1.29 is 9.21 Å². The van der Waals surface area contributed by atoms with Crippen LogP contribution in [-0.4, -0.2) is 20.9 Å². The first-order valence-corrected chi connectivity index (χ1v) is 8.93. The fraction of sp³-hybridized carbons (Fsp3) is 0.286. The first-order chi connectivity index (χ1) is 13.2. The Bertz CT molecular complexity index is 998. The molecule has 0 radical (unpaired) electrons. The highest BCUT2D eigenvalue weighted by molar-refractivity contribution is 5.95. The number of hydrogen-bond acceptors (Lipinski definition) is 4. The lowest BCUT2D eigenvalue weighted by molar-refractivity contribution is -0.123. The summed E-state index contributed by atoms with van der Waals surface area (Å²) in [6, 6.07) is 11.2. The Kier molecular flexibility index (Phi) is 4.51. The van der Waals surface area contributed by atoms with Gasteiger partial charge in [-0.1, -0.05) is 17.2 Å². The van der Waals surface area contributed by atoms with E-state index < -0.39 is 0 Å². The molecular weight excluding hydrogens is 340 g/mol. The minimum atomic E-state index is -0.140. The van der Waals surface area contributed by atoms with E-state index >= 15 is 0 Å². The number of carbonyl (C=O) groups excluding carboxylic acids is 1. The van der Waals surface area contributed by atoms with Gasteiger partial charge >= 0.3 is 0 Å². The van der Waals surface area contributed by atoms with Gasteiger partial charge in [-0.25, -0.2) is 0 Å². The number of hydrogen-bond donors (Lipinski definition) is 0. The normalized spacial score (nSPS) is 15.8. The van der Waals surface area contributed by atoms with Crippen LogP contribution in [0, 0.1) is 18.3 Å².